The molecule has 252 valence electrons. The second-order valence-electron chi connectivity index (χ2n) is 12.0. The van der Waals surface area contributed by atoms with Crippen molar-refractivity contribution in [1.82, 2.24) is 24.6 Å². The molecule has 0 aliphatic carbocycles. The van der Waals surface area contributed by atoms with Crippen molar-refractivity contribution < 1.29 is 32.6 Å². The lowest BCUT2D eigenvalue weighted by Crippen LogP contribution is -2.45. The first-order chi connectivity index (χ1) is 21.8. The van der Waals surface area contributed by atoms with Gasteiger partial charge in [0.1, 0.15) is 30.3 Å². The lowest BCUT2D eigenvalue weighted by atomic mass is 10.1. The van der Waals surface area contributed by atoms with E-state index in [0.29, 0.717) is 35.0 Å². The third kappa shape index (κ3) is 7.85. The highest BCUT2D eigenvalue weighted by Gasteiger charge is 2.57. The molecule has 0 saturated carbocycles. The van der Waals surface area contributed by atoms with E-state index < -0.39 is 37.9 Å². The van der Waals surface area contributed by atoms with E-state index in [1.165, 1.54) is 0 Å². The number of hydrogen-bond donors (Lipinski definition) is 1. The Morgan fingerprint density at radius 3 is 2.50 bits per heavy atom. The van der Waals surface area contributed by atoms with Crippen LogP contribution in [0.15, 0.2) is 30.5 Å². The molecule has 4 heterocycles. The first-order valence-electron chi connectivity index (χ1n) is 15.4. The number of carbonyl (C=O) groups is 1. The van der Waals surface area contributed by atoms with Crippen molar-refractivity contribution in [2.24, 2.45) is 5.92 Å². The van der Waals surface area contributed by atoms with Gasteiger partial charge < -0.3 is 33.5 Å². The molecule has 16 heteroatoms. The Kier molecular flexibility index (Phi) is 11.0. The van der Waals surface area contributed by atoms with Crippen LogP contribution in [0.25, 0.3) is 11.0 Å². The molecule has 2 aliphatic rings. The van der Waals surface area contributed by atoms with Gasteiger partial charge in [0.15, 0.2) is 17.7 Å². The number of rotatable bonds is 14. The quantitative estimate of drug-likeness (QED) is 0.159. The van der Waals surface area contributed by atoms with Crippen LogP contribution in [0, 0.1) is 5.92 Å². The molecule has 0 unspecified atom stereocenters. The topological polar surface area (TPSA) is 139 Å². The molecule has 2 fully saturated rings. The SMILES string of the molecule is CCOP(=O)(CC(=O)N(CC(C)C)C[C@H]1O[C@@H](n2ncc3c(NCc4ccccc4Cl)nc(Cl)nc32)[C@@H]2OC(C)(C)O[C@@H]21)OCC. The molecule has 0 spiro atoms. The molecule has 3 aromatic rings. The number of aromatic nitrogens is 4. The fourth-order valence-electron chi connectivity index (χ4n) is 5.77. The summed E-state index contributed by atoms with van der Waals surface area (Å²) in [7, 11) is -3.62. The minimum atomic E-state index is -3.62. The van der Waals surface area contributed by atoms with Crippen molar-refractivity contribution in [2.75, 3.05) is 37.8 Å². The summed E-state index contributed by atoms with van der Waals surface area (Å²) in [5.74, 6) is -0.672. The Morgan fingerprint density at radius 1 is 1.13 bits per heavy atom. The molecule has 46 heavy (non-hydrogen) atoms. The number of carbonyl (C=O) groups excluding carboxylic acids is 1. The fraction of sp³-hybridized carbons (Fsp3) is 0.600. The normalized spacial score (nSPS) is 22.5. The third-order valence-electron chi connectivity index (χ3n) is 7.52. The van der Waals surface area contributed by atoms with E-state index in [1.54, 1.807) is 29.6 Å². The van der Waals surface area contributed by atoms with Crippen LogP contribution < -0.4 is 5.32 Å². The van der Waals surface area contributed by atoms with Gasteiger partial charge >= 0.3 is 7.60 Å². The van der Waals surface area contributed by atoms with Crippen LogP contribution >= 0.6 is 30.8 Å². The number of fused-ring (bicyclic) bond motifs is 2. The van der Waals surface area contributed by atoms with Gasteiger partial charge in [-0.3, -0.25) is 9.36 Å². The maximum atomic E-state index is 13.6. The zero-order valence-corrected chi connectivity index (χ0v) is 29.2. The van der Waals surface area contributed by atoms with Gasteiger partial charge in [-0.1, -0.05) is 43.6 Å². The minimum absolute atomic E-state index is 0.0210. The molecule has 13 nitrogen and oxygen atoms in total. The molecule has 2 saturated heterocycles. The van der Waals surface area contributed by atoms with Crippen molar-refractivity contribution in [2.45, 2.75) is 78.4 Å². The minimum Gasteiger partial charge on any atom is -0.365 e. The van der Waals surface area contributed by atoms with Crippen LogP contribution in [-0.2, 0) is 39.2 Å². The van der Waals surface area contributed by atoms with Crippen molar-refractivity contribution in [3.05, 3.63) is 46.3 Å². The first-order valence-corrected chi connectivity index (χ1v) is 17.9. The summed E-state index contributed by atoms with van der Waals surface area (Å²) in [5.41, 5.74) is 1.33. The number of ether oxygens (including phenoxy) is 3. The van der Waals surface area contributed by atoms with Crippen LogP contribution in [0.2, 0.25) is 10.3 Å². The molecule has 1 amide bonds. The average Bonchev–Trinajstić information content (AvgIpc) is 3.62. The Bertz CT molecular complexity index is 1580. The Morgan fingerprint density at radius 2 is 1.83 bits per heavy atom. The molecule has 1 N–H and O–H groups in total. The number of halogens is 2. The summed E-state index contributed by atoms with van der Waals surface area (Å²) in [4.78, 5) is 24.1. The zero-order chi connectivity index (χ0) is 33.2. The summed E-state index contributed by atoms with van der Waals surface area (Å²) in [6.45, 7) is 12.4. The fourth-order valence-corrected chi connectivity index (χ4v) is 7.71. The maximum Gasteiger partial charge on any atom is 0.340 e. The van der Waals surface area contributed by atoms with Gasteiger partial charge in [-0.2, -0.15) is 15.1 Å². The molecular weight excluding hydrogens is 658 g/mol. The third-order valence-corrected chi connectivity index (χ3v) is 10.0. The average molecular weight is 700 g/mol. The molecular formula is C30H41Cl2N6O7P. The standard InChI is InChI=1S/C30H41Cl2N6O7P/c1-7-41-46(40,42-8-2)17-23(39)37(15-18(3)4)16-22-24-25(45-30(5,6)44-24)28(43-22)38-27-20(14-34-38)26(35-29(32)36-27)33-13-19-11-9-10-12-21(19)31/h9-12,14,18,22,24-25,28H,7-8,13,15-17H2,1-6H3,(H,33,35,36)/t22-,24-,25-,28-/m1/s1. The van der Waals surface area contributed by atoms with E-state index in [9.17, 15) is 9.36 Å². The van der Waals surface area contributed by atoms with Crippen molar-refractivity contribution in [3.8, 4) is 0 Å². The predicted octanol–water partition coefficient (Wildman–Crippen LogP) is 5.91. The summed E-state index contributed by atoms with van der Waals surface area (Å²) in [6, 6.07) is 7.52. The van der Waals surface area contributed by atoms with E-state index in [2.05, 4.69) is 20.4 Å². The predicted molar refractivity (Wildman–Crippen MR) is 174 cm³/mol. The summed E-state index contributed by atoms with van der Waals surface area (Å²) in [6.07, 6.45) is -1.22. The smallest absolute Gasteiger partial charge is 0.340 e. The Hall–Kier alpha value is -2.35. The van der Waals surface area contributed by atoms with E-state index in [-0.39, 0.29) is 43.0 Å². The molecule has 4 atom stereocenters. The van der Waals surface area contributed by atoms with E-state index in [4.69, 9.17) is 46.5 Å². The highest BCUT2D eigenvalue weighted by atomic mass is 35.5. The number of nitrogens with zero attached hydrogens (tertiary/aromatic N) is 5. The monoisotopic (exact) mass is 698 g/mol. The van der Waals surface area contributed by atoms with Gasteiger partial charge in [-0.25, -0.2) is 4.68 Å². The molecule has 2 aromatic heterocycles. The second kappa shape index (κ2) is 14.4. The van der Waals surface area contributed by atoms with Crippen molar-refractivity contribution in [1.29, 1.82) is 0 Å². The van der Waals surface area contributed by atoms with Crippen LogP contribution in [-0.4, -0.2) is 87.1 Å². The summed E-state index contributed by atoms with van der Waals surface area (Å²) >= 11 is 12.7. The zero-order valence-electron chi connectivity index (χ0n) is 26.8. The molecule has 5 rings (SSSR count). The number of anilines is 1. The van der Waals surface area contributed by atoms with Crippen LogP contribution in [0.3, 0.4) is 0 Å². The van der Waals surface area contributed by atoms with Crippen LogP contribution in [0.5, 0.6) is 0 Å². The number of amides is 1. The summed E-state index contributed by atoms with van der Waals surface area (Å²) in [5, 5.41) is 9.19. The Balaban J connectivity index is 1.42. The van der Waals surface area contributed by atoms with Gasteiger partial charge in [0.25, 0.3) is 0 Å². The van der Waals surface area contributed by atoms with E-state index in [0.717, 1.165) is 5.56 Å². The number of hydrogen-bond acceptors (Lipinski definition) is 11. The summed E-state index contributed by atoms with van der Waals surface area (Å²) < 4.78 is 44.9. The van der Waals surface area contributed by atoms with Gasteiger partial charge in [0.2, 0.25) is 11.2 Å². The first kappa shape index (κ1) is 35.0. The van der Waals surface area contributed by atoms with Gasteiger partial charge in [-0.15, -0.1) is 0 Å². The largest absolute Gasteiger partial charge is 0.365 e. The lowest BCUT2D eigenvalue weighted by Gasteiger charge is -2.31. The second-order valence-corrected chi connectivity index (χ2v) is 14.8. The van der Waals surface area contributed by atoms with Crippen molar-refractivity contribution in [3.63, 3.8) is 0 Å². The molecule has 1 aromatic carbocycles. The van der Waals surface area contributed by atoms with E-state index in [1.807, 2.05) is 52.0 Å². The molecule has 2 aliphatic heterocycles. The molecule has 0 radical (unpaired) electrons. The lowest BCUT2D eigenvalue weighted by molar-refractivity contribution is -0.199. The van der Waals surface area contributed by atoms with Gasteiger partial charge in [0.05, 0.1) is 24.8 Å². The van der Waals surface area contributed by atoms with Crippen molar-refractivity contribution >= 4 is 53.6 Å². The van der Waals surface area contributed by atoms with Crippen LogP contribution in [0.1, 0.15) is 53.3 Å². The van der Waals surface area contributed by atoms with Gasteiger partial charge in [-0.05, 0) is 56.8 Å². The maximum absolute atomic E-state index is 13.6. The number of nitrogens with one attached hydrogen (secondary N) is 1. The Labute approximate surface area is 278 Å². The van der Waals surface area contributed by atoms with Crippen LogP contribution in [0.4, 0.5) is 5.82 Å². The highest BCUT2D eigenvalue weighted by Crippen LogP contribution is 2.48. The van der Waals surface area contributed by atoms with E-state index >= 15 is 0 Å². The highest BCUT2D eigenvalue weighted by molar-refractivity contribution is 7.54. The molecule has 0 bridgehead atoms. The number of benzene rings is 1. The van der Waals surface area contributed by atoms with Gasteiger partial charge in [0, 0.05) is 24.7 Å².